The van der Waals surface area contributed by atoms with Crippen molar-refractivity contribution in [3.05, 3.63) is 24.8 Å². The zero-order valence-corrected chi connectivity index (χ0v) is 8.00. The number of hydrogen-bond donors (Lipinski definition) is 0. The quantitative estimate of drug-likeness (QED) is 0.358. The van der Waals surface area contributed by atoms with Crippen molar-refractivity contribution < 1.29 is 4.74 Å². The molecule has 1 rings (SSSR count). The highest BCUT2D eigenvalue weighted by atomic mass is 16.6. The van der Waals surface area contributed by atoms with Crippen LogP contribution >= 0.6 is 0 Å². The zero-order valence-electron chi connectivity index (χ0n) is 8.00. The van der Waals surface area contributed by atoms with Gasteiger partial charge in [0.1, 0.15) is 12.2 Å². The Labute approximate surface area is 84.8 Å². The summed E-state index contributed by atoms with van der Waals surface area (Å²) in [5, 5.41) is 0. The number of ether oxygens (including phenoxy) is 1. The normalized spacial score (nSPS) is 22.1. The molecule has 1 aliphatic rings. The standard InChI is InChI=1S/C13H10O/c1-3-5-6-7-8-9-10-11-13-12(4-2)14-13/h4,10-13H,2H2,1H3/b11-10-/t12-,13+/m1/s1. The Morgan fingerprint density at radius 1 is 1.14 bits per heavy atom. The van der Waals surface area contributed by atoms with Crippen LogP contribution in [0, 0.1) is 35.5 Å². The number of hydrogen-bond acceptors (Lipinski definition) is 1. The van der Waals surface area contributed by atoms with E-state index < -0.39 is 0 Å². The lowest BCUT2D eigenvalue weighted by Gasteiger charge is -1.71. The minimum Gasteiger partial charge on any atom is -0.361 e. The molecule has 0 N–H and O–H groups in total. The highest BCUT2D eigenvalue weighted by molar-refractivity contribution is 5.37. The van der Waals surface area contributed by atoms with Crippen molar-refractivity contribution in [2.45, 2.75) is 19.1 Å². The van der Waals surface area contributed by atoms with E-state index in [1.165, 1.54) is 0 Å². The molecule has 0 aromatic rings. The van der Waals surface area contributed by atoms with E-state index in [2.05, 4.69) is 42.1 Å². The maximum absolute atomic E-state index is 5.18. The molecule has 1 nitrogen and oxygen atoms in total. The van der Waals surface area contributed by atoms with E-state index in [1.54, 1.807) is 19.1 Å². The fourth-order valence-corrected chi connectivity index (χ4v) is 0.826. The van der Waals surface area contributed by atoms with Crippen molar-refractivity contribution in [3.8, 4) is 35.5 Å². The van der Waals surface area contributed by atoms with E-state index in [1.807, 2.05) is 6.08 Å². The van der Waals surface area contributed by atoms with Gasteiger partial charge in [0.2, 0.25) is 0 Å². The molecule has 0 unspecified atom stereocenters. The number of epoxide rings is 1. The van der Waals surface area contributed by atoms with Crippen LogP contribution in [-0.4, -0.2) is 12.2 Å². The predicted octanol–water partition coefficient (Wildman–Crippen LogP) is 1.53. The molecule has 0 spiro atoms. The summed E-state index contributed by atoms with van der Waals surface area (Å²) in [5.74, 6) is 15.9. The van der Waals surface area contributed by atoms with Gasteiger partial charge in [-0.25, -0.2) is 0 Å². The molecule has 1 heteroatoms. The molecule has 0 aliphatic carbocycles. The summed E-state index contributed by atoms with van der Waals surface area (Å²) in [6.07, 6.45) is 5.74. The third-order valence-corrected chi connectivity index (χ3v) is 1.55. The van der Waals surface area contributed by atoms with Crippen LogP contribution in [0.1, 0.15) is 6.92 Å². The van der Waals surface area contributed by atoms with Gasteiger partial charge in [0.05, 0.1) is 0 Å². The molecular weight excluding hydrogens is 172 g/mol. The van der Waals surface area contributed by atoms with Crippen LogP contribution in [0.3, 0.4) is 0 Å². The summed E-state index contributed by atoms with van der Waals surface area (Å²) in [7, 11) is 0. The Kier molecular flexibility index (Phi) is 4.16. The van der Waals surface area contributed by atoms with Gasteiger partial charge in [0.15, 0.2) is 0 Å². The van der Waals surface area contributed by atoms with Gasteiger partial charge in [-0.15, -0.1) is 6.58 Å². The topological polar surface area (TPSA) is 12.5 Å². The van der Waals surface area contributed by atoms with Gasteiger partial charge in [0, 0.05) is 0 Å². The summed E-state index contributed by atoms with van der Waals surface area (Å²) in [6.45, 7) is 5.36. The lowest BCUT2D eigenvalue weighted by atomic mass is 10.3. The maximum atomic E-state index is 5.18. The molecule has 0 aromatic heterocycles. The second-order valence-corrected chi connectivity index (χ2v) is 2.55. The van der Waals surface area contributed by atoms with Crippen LogP contribution < -0.4 is 0 Å². The molecule has 0 bridgehead atoms. The van der Waals surface area contributed by atoms with E-state index >= 15 is 0 Å². The van der Waals surface area contributed by atoms with Crippen LogP contribution in [0.2, 0.25) is 0 Å². The first-order chi connectivity index (χ1) is 6.88. The molecule has 1 fully saturated rings. The van der Waals surface area contributed by atoms with Crippen molar-refractivity contribution in [2.75, 3.05) is 0 Å². The van der Waals surface area contributed by atoms with E-state index in [-0.39, 0.29) is 12.2 Å². The lowest BCUT2D eigenvalue weighted by molar-refractivity contribution is 0.413. The minimum absolute atomic E-state index is 0.158. The van der Waals surface area contributed by atoms with E-state index in [9.17, 15) is 0 Å². The molecule has 0 amide bonds. The third kappa shape index (κ3) is 3.68. The van der Waals surface area contributed by atoms with Crippen LogP contribution in [0.5, 0.6) is 0 Å². The monoisotopic (exact) mass is 182 g/mol. The molecule has 68 valence electrons. The first kappa shape index (κ1) is 10.2. The van der Waals surface area contributed by atoms with Crippen LogP contribution in [0.25, 0.3) is 0 Å². The lowest BCUT2D eigenvalue weighted by Crippen LogP contribution is -1.81. The van der Waals surface area contributed by atoms with E-state index in [0.717, 1.165) is 0 Å². The van der Waals surface area contributed by atoms with E-state index in [4.69, 9.17) is 4.74 Å². The molecule has 14 heavy (non-hydrogen) atoms. The van der Waals surface area contributed by atoms with E-state index in [0.29, 0.717) is 0 Å². The van der Waals surface area contributed by atoms with Crippen LogP contribution in [0.15, 0.2) is 24.8 Å². The van der Waals surface area contributed by atoms with Crippen molar-refractivity contribution in [2.24, 2.45) is 0 Å². The zero-order chi connectivity index (χ0) is 10.2. The summed E-state index contributed by atoms with van der Waals surface area (Å²) in [4.78, 5) is 0. The first-order valence-electron chi connectivity index (χ1n) is 4.25. The van der Waals surface area contributed by atoms with Gasteiger partial charge < -0.3 is 4.74 Å². The van der Waals surface area contributed by atoms with Gasteiger partial charge in [-0.05, 0) is 42.8 Å². The SMILES string of the molecule is C=C[C@H]1O[C@H]1/C=C\C#CC#CC#CC. The maximum Gasteiger partial charge on any atom is 0.107 e. The summed E-state index contributed by atoms with van der Waals surface area (Å²) < 4.78 is 5.18. The highest BCUT2D eigenvalue weighted by Crippen LogP contribution is 2.23. The van der Waals surface area contributed by atoms with Crippen LogP contribution in [-0.2, 0) is 4.74 Å². The molecule has 1 aliphatic heterocycles. The highest BCUT2D eigenvalue weighted by Gasteiger charge is 2.32. The van der Waals surface area contributed by atoms with Gasteiger partial charge in [0.25, 0.3) is 0 Å². The fourth-order valence-electron chi connectivity index (χ4n) is 0.826. The second kappa shape index (κ2) is 5.71. The molecule has 0 aromatic carbocycles. The van der Waals surface area contributed by atoms with Gasteiger partial charge in [-0.3, -0.25) is 0 Å². The van der Waals surface area contributed by atoms with Crippen LogP contribution in [0.4, 0.5) is 0 Å². The summed E-state index contributed by atoms with van der Waals surface area (Å²) >= 11 is 0. The third-order valence-electron chi connectivity index (χ3n) is 1.55. The Morgan fingerprint density at radius 3 is 2.57 bits per heavy atom. The molecular formula is C13H10O. The average molecular weight is 182 g/mol. The number of allylic oxidation sites excluding steroid dienone is 1. The molecule has 2 atom stereocenters. The van der Waals surface area contributed by atoms with Crippen molar-refractivity contribution in [1.82, 2.24) is 0 Å². The Bertz CT molecular complexity index is 409. The summed E-state index contributed by atoms with van der Waals surface area (Å²) in [5.41, 5.74) is 0. The van der Waals surface area contributed by atoms with Crippen molar-refractivity contribution >= 4 is 0 Å². The molecule has 0 radical (unpaired) electrons. The largest absolute Gasteiger partial charge is 0.361 e. The number of rotatable bonds is 2. The minimum atomic E-state index is 0.158. The fraction of sp³-hybridized carbons (Fsp3) is 0.231. The van der Waals surface area contributed by atoms with Gasteiger partial charge >= 0.3 is 0 Å². The van der Waals surface area contributed by atoms with Gasteiger partial charge in [-0.1, -0.05) is 17.9 Å². The molecule has 1 saturated heterocycles. The molecule has 1 heterocycles. The smallest absolute Gasteiger partial charge is 0.107 e. The average Bonchev–Trinajstić information content (AvgIpc) is 2.95. The van der Waals surface area contributed by atoms with Crippen molar-refractivity contribution in [3.63, 3.8) is 0 Å². The van der Waals surface area contributed by atoms with Crippen molar-refractivity contribution in [1.29, 1.82) is 0 Å². The Hall–Kier alpha value is -1.88. The van der Waals surface area contributed by atoms with Gasteiger partial charge in [-0.2, -0.15) is 0 Å². The summed E-state index contributed by atoms with van der Waals surface area (Å²) in [6, 6.07) is 0. The second-order valence-electron chi connectivity index (χ2n) is 2.55. The molecule has 0 saturated carbocycles. The first-order valence-corrected chi connectivity index (χ1v) is 4.25. The Morgan fingerprint density at radius 2 is 1.93 bits per heavy atom. The Balaban J connectivity index is 2.29. The predicted molar refractivity (Wildman–Crippen MR) is 57.0 cm³/mol.